The Morgan fingerprint density at radius 3 is 2.59 bits per heavy atom. The fourth-order valence-corrected chi connectivity index (χ4v) is 2.71. The molecule has 0 aliphatic carbocycles. The van der Waals surface area contributed by atoms with Crippen molar-refractivity contribution >= 4 is 16.0 Å². The van der Waals surface area contributed by atoms with Crippen molar-refractivity contribution in [1.82, 2.24) is 5.32 Å². The number of amides is 1. The zero-order chi connectivity index (χ0) is 12.6. The molecule has 5 nitrogen and oxygen atoms in total. The number of carbonyl (C=O) groups is 1. The minimum atomic E-state index is -3.74. The van der Waals surface area contributed by atoms with Crippen molar-refractivity contribution in [3.63, 3.8) is 0 Å². The summed E-state index contributed by atoms with van der Waals surface area (Å²) in [7, 11) is -2.61. The van der Waals surface area contributed by atoms with Crippen LogP contribution in [0.2, 0.25) is 0 Å². The molecule has 0 aromatic heterocycles. The molecule has 6 heteroatoms. The highest BCUT2D eigenvalue weighted by Gasteiger charge is 2.31. The molecule has 0 radical (unpaired) electrons. The Bertz CT molecular complexity index is 557. The van der Waals surface area contributed by atoms with Crippen molar-refractivity contribution in [3.8, 4) is 0 Å². The Morgan fingerprint density at radius 1 is 1.41 bits per heavy atom. The molecule has 0 saturated carbocycles. The van der Waals surface area contributed by atoms with Gasteiger partial charge in [0.25, 0.3) is 10.1 Å². The third-order valence-electron chi connectivity index (χ3n) is 2.75. The molecule has 1 heterocycles. The molecule has 0 unspecified atom stereocenters. The van der Waals surface area contributed by atoms with Gasteiger partial charge in [0, 0.05) is 0 Å². The van der Waals surface area contributed by atoms with Crippen LogP contribution in [0.3, 0.4) is 0 Å². The third kappa shape index (κ3) is 2.18. The van der Waals surface area contributed by atoms with Crippen LogP contribution >= 0.6 is 0 Å². The predicted octanol–water partition coefficient (Wildman–Crippen LogP) is 0.891. The van der Waals surface area contributed by atoms with Gasteiger partial charge in [0.2, 0.25) is 5.91 Å². The van der Waals surface area contributed by atoms with E-state index in [1.807, 2.05) is 6.92 Å². The minimum Gasteiger partial charge on any atom is -0.349 e. The average molecular weight is 255 g/mol. The van der Waals surface area contributed by atoms with Gasteiger partial charge in [-0.3, -0.25) is 8.98 Å². The van der Waals surface area contributed by atoms with Crippen LogP contribution in [0.1, 0.15) is 23.6 Å². The lowest BCUT2D eigenvalue weighted by molar-refractivity contribution is -0.128. The number of aryl methyl sites for hydroxylation is 1. The van der Waals surface area contributed by atoms with E-state index in [0.717, 1.165) is 12.7 Å². The Hall–Kier alpha value is -1.40. The first-order valence-electron chi connectivity index (χ1n) is 5.14. The molecule has 2 rings (SSSR count). The summed E-state index contributed by atoms with van der Waals surface area (Å²) in [5.41, 5.74) is 1.53. The minimum absolute atomic E-state index is 0.0720. The van der Waals surface area contributed by atoms with Crippen molar-refractivity contribution in [2.45, 2.75) is 24.3 Å². The molecular formula is C11H13NO4S. The van der Waals surface area contributed by atoms with Gasteiger partial charge in [-0.1, -0.05) is 17.7 Å². The maximum absolute atomic E-state index is 11.7. The van der Waals surface area contributed by atoms with Crippen LogP contribution in [0.5, 0.6) is 0 Å². The van der Waals surface area contributed by atoms with Crippen LogP contribution < -0.4 is 5.32 Å². The summed E-state index contributed by atoms with van der Waals surface area (Å²) < 4.78 is 28.0. The first-order chi connectivity index (χ1) is 7.94. The number of nitrogens with one attached hydrogen (secondary N) is 1. The highest BCUT2D eigenvalue weighted by Crippen LogP contribution is 2.31. The van der Waals surface area contributed by atoms with E-state index in [1.54, 1.807) is 12.1 Å². The van der Waals surface area contributed by atoms with Crippen molar-refractivity contribution in [1.29, 1.82) is 0 Å². The van der Waals surface area contributed by atoms with Crippen molar-refractivity contribution in [2.24, 2.45) is 0 Å². The average Bonchev–Trinajstić information content (AvgIpc) is 2.24. The monoisotopic (exact) mass is 255 g/mol. The molecule has 17 heavy (non-hydrogen) atoms. The normalized spacial score (nSPS) is 19.6. The zero-order valence-electron chi connectivity index (χ0n) is 9.56. The van der Waals surface area contributed by atoms with E-state index in [1.165, 1.54) is 6.07 Å². The number of carbonyl (C=O) groups excluding carboxylic acids is 1. The number of hydrogen-bond donors (Lipinski definition) is 1. The van der Waals surface area contributed by atoms with Gasteiger partial charge in [-0.05, 0) is 18.6 Å². The molecule has 1 fully saturated rings. The molecule has 1 amide bonds. The Labute approximate surface area is 99.9 Å². The van der Waals surface area contributed by atoms with Gasteiger partial charge in [0.15, 0.2) is 0 Å². The molecule has 1 aliphatic rings. The third-order valence-corrected chi connectivity index (χ3v) is 4.10. The fraction of sp³-hybridized carbons (Fsp3) is 0.364. The van der Waals surface area contributed by atoms with Gasteiger partial charge in [0.05, 0.1) is 24.5 Å². The van der Waals surface area contributed by atoms with Crippen molar-refractivity contribution in [2.75, 3.05) is 7.11 Å². The van der Waals surface area contributed by atoms with Crippen LogP contribution in [0, 0.1) is 6.92 Å². The van der Waals surface area contributed by atoms with E-state index >= 15 is 0 Å². The Morgan fingerprint density at radius 2 is 2.06 bits per heavy atom. The number of hydrogen-bond acceptors (Lipinski definition) is 4. The van der Waals surface area contributed by atoms with Crippen LogP contribution in [-0.2, 0) is 19.1 Å². The summed E-state index contributed by atoms with van der Waals surface area (Å²) in [5.74, 6) is -0.0720. The number of benzene rings is 1. The lowest BCUT2D eigenvalue weighted by Crippen LogP contribution is -2.42. The van der Waals surface area contributed by atoms with Gasteiger partial charge in [-0.15, -0.1) is 0 Å². The first kappa shape index (κ1) is 12.1. The van der Waals surface area contributed by atoms with Crippen molar-refractivity contribution < 1.29 is 17.4 Å². The standard InChI is InChI=1S/C11H13NO4S/c1-7-3-4-10(17(14,15)16-2)8(5-7)9-6-11(13)12-9/h3-5,9H,6H2,1-2H3,(H,12,13)/t9-/m0/s1. The summed E-state index contributed by atoms with van der Waals surface area (Å²) in [5, 5.41) is 2.66. The second-order valence-corrected chi connectivity index (χ2v) is 5.67. The summed E-state index contributed by atoms with van der Waals surface area (Å²) in [6.07, 6.45) is 0.315. The van der Waals surface area contributed by atoms with E-state index in [4.69, 9.17) is 0 Å². The zero-order valence-corrected chi connectivity index (χ0v) is 10.4. The summed E-state index contributed by atoms with van der Waals surface area (Å²) in [6.45, 7) is 1.87. The SMILES string of the molecule is COS(=O)(=O)c1ccc(C)cc1[C@@H]1CC(=O)N1. The molecule has 1 aliphatic heterocycles. The topological polar surface area (TPSA) is 72.5 Å². The maximum Gasteiger partial charge on any atom is 0.297 e. The summed E-state index contributed by atoms with van der Waals surface area (Å²) >= 11 is 0. The van der Waals surface area contributed by atoms with Gasteiger partial charge < -0.3 is 5.32 Å². The molecule has 0 bridgehead atoms. The number of rotatable bonds is 3. The first-order valence-corrected chi connectivity index (χ1v) is 6.55. The largest absolute Gasteiger partial charge is 0.349 e. The molecule has 92 valence electrons. The maximum atomic E-state index is 11.7. The fourth-order valence-electron chi connectivity index (χ4n) is 1.80. The van der Waals surface area contributed by atoms with E-state index in [2.05, 4.69) is 9.50 Å². The molecule has 1 N–H and O–H groups in total. The molecule has 1 aromatic carbocycles. The smallest absolute Gasteiger partial charge is 0.297 e. The van der Waals surface area contributed by atoms with Gasteiger partial charge >= 0.3 is 0 Å². The van der Waals surface area contributed by atoms with Crippen LogP contribution in [0.4, 0.5) is 0 Å². The Balaban J connectivity index is 2.49. The Kier molecular flexibility index (Phi) is 2.92. The van der Waals surface area contributed by atoms with Gasteiger partial charge in [-0.2, -0.15) is 8.42 Å². The molecule has 1 aromatic rings. The van der Waals surface area contributed by atoms with E-state index in [9.17, 15) is 13.2 Å². The van der Waals surface area contributed by atoms with Gasteiger partial charge in [-0.25, -0.2) is 0 Å². The quantitative estimate of drug-likeness (QED) is 0.643. The highest BCUT2D eigenvalue weighted by atomic mass is 32.2. The summed E-state index contributed by atoms with van der Waals surface area (Å²) in [4.78, 5) is 11.0. The van der Waals surface area contributed by atoms with E-state index in [0.29, 0.717) is 12.0 Å². The molecular weight excluding hydrogens is 242 g/mol. The van der Waals surface area contributed by atoms with Crippen molar-refractivity contribution in [3.05, 3.63) is 29.3 Å². The predicted molar refractivity (Wildman–Crippen MR) is 60.9 cm³/mol. The van der Waals surface area contributed by atoms with E-state index < -0.39 is 10.1 Å². The highest BCUT2D eigenvalue weighted by molar-refractivity contribution is 7.86. The number of β-lactam (4-membered cyclic amide) rings is 1. The lowest BCUT2D eigenvalue weighted by Gasteiger charge is -2.28. The summed E-state index contributed by atoms with van der Waals surface area (Å²) in [6, 6.07) is 4.74. The van der Waals surface area contributed by atoms with Crippen LogP contribution in [0.25, 0.3) is 0 Å². The molecule has 1 atom stereocenters. The van der Waals surface area contributed by atoms with Gasteiger partial charge in [0.1, 0.15) is 0 Å². The lowest BCUT2D eigenvalue weighted by atomic mass is 9.96. The van der Waals surface area contributed by atoms with Crippen LogP contribution in [0.15, 0.2) is 23.1 Å². The molecule has 1 saturated heterocycles. The van der Waals surface area contributed by atoms with E-state index in [-0.39, 0.29) is 16.8 Å². The second-order valence-electron chi connectivity index (χ2n) is 3.99. The van der Waals surface area contributed by atoms with Crippen LogP contribution in [-0.4, -0.2) is 21.4 Å². The second kappa shape index (κ2) is 4.12. The molecule has 0 spiro atoms.